The molecule has 0 heterocycles. The predicted molar refractivity (Wildman–Crippen MR) is 125 cm³/mol. The Kier molecular flexibility index (Phi) is 15.8. The first-order valence-electron chi connectivity index (χ1n) is 9.88. The van der Waals surface area contributed by atoms with Gasteiger partial charge in [0.2, 0.25) is 0 Å². The van der Waals surface area contributed by atoms with Gasteiger partial charge in [-0.15, -0.1) is 0 Å². The Balaban J connectivity index is 0.000000633. The van der Waals surface area contributed by atoms with Gasteiger partial charge in [-0.05, 0) is 63.6 Å². The molecule has 4 nitrogen and oxygen atoms in total. The second-order valence-corrected chi connectivity index (χ2v) is 9.38. The molecule has 31 heavy (non-hydrogen) atoms. The summed E-state index contributed by atoms with van der Waals surface area (Å²) in [7, 11) is -0.877. The van der Waals surface area contributed by atoms with Crippen molar-refractivity contribution in [3.05, 3.63) is 91.0 Å². The van der Waals surface area contributed by atoms with Crippen molar-refractivity contribution < 1.29 is 40.5 Å². The molecule has 3 aromatic carbocycles. The third-order valence-corrected chi connectivity index (χ3v) is 6.60. The number of carbonyl (C=O) groups is 1. The van der Waals surface area contributed by atoms with Crippen LogP contribution in [0.5, 0.6) is 0 Å². The van der Waals surface area contributed by atoms with Crippen molar-refractivity contribution in [1.82, 2.24) is 0 Å². The van der Waals surface area contributed by atoms with Gasteiger partial charge in [0.25, 0.3) is 0 Å². The fraction of sp³-hybridized carbons (Fsp3) is 0.240. The Morgan fingerprint density at radius 2 is 0.968 bits per heavy atom. The zero-order chi connectivity index (χ0) is 22.4. The summed E-state index contributed by atoms with van der Waals surface area (Å²) in [6.45, 7) is 4.29. The molecule has 0 aliphatic rings. The van der Waals surface area contributed by atoms with Crippen LogP contribution in [0.1, 0.15) is 27.2 Å². The number of hydrogen-bond acceptors (Lipinski definition) is 4. The molecule has 2 unspecified atom stereocenters. The first kappa shape index (κ1) is 29.1. The number of carboxylic acid groups (broad SMARTS) is 1. The van der Waals surface area contributed by atoms with Crippen molar-refractivity contribution in [3.63, 3.8) is 0 Å². The van der Waals surface area contributed by atoms with E-state index < -0.39 is 13.9 Å². The maximum absolute atomic E-state index is 8.89. The Labute approximate surface area is 200 Å². The zero-order valence-corrected chi connectivity index (χ0v) is 20.6. The largest absolute Gasteiger partial charge is 0.550 e. The molecule has 0 saturated carbocycles. The number of carbonyl (C=O) groups excluding carboxylic acids is 1. The summed E-state index contributed by atoms with van der Waals surface area (Å²) in [5, 5.41) is 30.3. The van der Waals surface area contributed by atoms with Crippen molar-refractivity contribution in [3.8, 4) is 0 Å². The fourth-order valence-corrected chi connectivity index (χ4v) is 5.39. The van der Waals surface area contributed by atoms with Crippen LogP contribution >= 0.6 is 7.92 Å². The molecule has 2 N–H and O–H groups in total. The summed E-state index contributed by atoms with van der Waals surface area (Å²) in [5.74, 6) is -1.08. The molecule has 2 atom stereocenters. The summed E-state index contributed by atoms with van der Waals surface area (Å²) in [6.07, 6.45) is -0.278. The molecule has 3 aromatic rings. The molecule has 0 spiro atoms. The van der Waals surface area contributed by atoms with Gasteiger partial charge in [-0.25, -0.2) is 0 Å². The van der Waals surface area contributed by atoms with Gasteiger partial charge < -0.3 is 20.1 Å². The quantitative estimate of drug-likeness (QED) is 0.389. The molecule has 0 bridgehead atoms. The number of carboxylic acids is 1. The van der Waals surface area contributed by atoms with E-state index in [9.17, 15) is 0 Å². The minimum absolute atomic E-state index is 0. The monoisotopic (exact) mass is 532 g/mol. The van der Waals surface area contributed by atoms with Gasteiger partial charge in [0.1, 0.15) is 15.9 Å². The molecular weight excluding hydrogens is 502 g/mol. The van der Waals surface area contributed by atoms with Crippen molar-refractivity contribution in [2.24, 2.45) is 0 Å². The third kappa shape index (κ3) is 13.2. The molecule has 3 rings (SSSR count). The van der Waals surface area contributed by atoms with Crippen LogP contribution in [0.25, 0.3) is 0 Å². The summed E-state index contributed by atoms with van der Waals surface area (Å²) < 4.78 is 0. The van der Waals surface area contributed by atoms with Gasteiger partial charge >= 0.3 is 0 Å². The number of aliphatic carboxylic acids is 1. The van der Waals surface area contributed by atoms with E-state index in [0.29, 0.717) is 6.42 Å². The van der Waals surface area contributed by atoms with E-state index in [0.717, 1.165) is 6.92 Å². The number of benzene rings is 3. The van der Waals surface area contributed by atoms with Gasteiger partial charge in [0.05, 0.1) is 20.1 Å². The van der Waals surface area contributed by atoms with Crippen molar-refractivity contribution in [2.75, 3.05) is 0 Å². The zero-order valence-electron chi connectivity index (χ0n) is 18.0. The molecule has 0 saturated heterocycles. The molecule has 0 aliphatic heterocycles. The van der Waals surface area contributed by atoms with E-state index in [4.69, 9.17) is 20.1 Å². The van der Waals surface area contributed by atoms with Crippen molar-refractivity contribution in [1.29, 1.82) is 0 Å². The van der Waals surface area contributed by atoms with E-state index in [1.165, 1.54) is 15.9 Å². The molecule has 0 aromatic heterocycles. The molecule has 0 aliphatic carbocycles. The van der Waals surface area contributed by atoms with Gasteiger partial charge in [-0.1, -0.05) is 54.6 Å². The summed E-state index contributed by atoms with van der Waals surface area (Å²) >= 11 is 0. The van der Waals surface area contributed by atoms with Gasteiger partial charge in [0, 0.05) is 26.4 Å². The second kappa shape index (κ2) is 16.8. The summed E-state index contributed by atoms with van der Waals surface area (Å²) in [5.41, 5.74) is 0. The summed E-state index contributed by atoms with van der Waals surface area (Å²) in [4.78, 5) is 8.89. The van der Waals surface area contributed by atoms with Crippen LogP contribution in [0.15, 0.2) is 91.0 Å². The standard InChI is InChI=1S/C18H15P.C5H12O2.C2H4O2.Pd/c1-4-10-16(11-5-1)19(17-12-6-2-7-13-17)18-14-8-3-9-15-18;1-4(6)3-5(2)7;1-2(3)4;/h1-15H;4-7H,3H2,1-2H3;1H3,(H,3,4);. The number of hydrogen-bond donors (Lipinski definition) is 2. The van der Waals surface area contributed by atoms with Crippen LogP contribution in [0.2, 0.25) is 0 Å². The Morgan fingerprint density at radius 3 is 1.13 bits per heavy atom. The van der Waals surface area contributed by atoms with E-state index in [-0.39, 0.29) is 32.6 Å². The first-order valence-corrected chi connectivity index (χ1v) is 11.4. The average molecular weight is 533 g/mol. The van der Waals surface area contributed by atoms with Gasteiger partial charge in [0.15, 0.2) is 0 Å². The maximum atomic E-state index is 8.89. The van der Waals surface area contributed by atoms with Crippen LogP contribution < -0.4 is 21.0 Å². The van der Waals surface area contributed by atoms with E-state index in [1.54, 1.807) is 13.8 Å². The van der Waals surface area contributed by atoms with Crippen LogP contribution in [0, 0.1) is 0 Å². The molecular formula is C25H31O4PPd. The van der Waals surface area contributed by atoms with Gasteiger partial charge in [-0.2, -0.15) is 0 Å². The molecule has 0 radical (unpaired) electrons. The fourth-order valence-electron chi connectivity index (χ4n) is 2.81. The summed E-state index contributed by atoms with van der Waals surface area (Å²) in [6, 6.07) is 32.5. The molecule has 6 heteroatoms. The molecule has 0 amide bonds. The smallest absolute Gasteiger partial charge is 0.102 e. The molecule has 170 valence electrons. The van der Waals surface area contributed by atoms with Crippen LogP contribution in [-0.2, 0) is 25.2 Å². The third-order valence-electron chi connectivity index (χ3n) is 3.87. The van der Waals surface area contributed by atoms with Crippen LogP contribution in [-0.4, -0.2) is 28.4 Å². The minimum atomic E-state index is -1.08. The normalized spacial score (nSPS) is 11.5. The Hall–Kier alpha value is -1.86. The average Bonchev–Trinajstić information content (AvgIpc) is 2.70. The van der Waals surface area contributed by atoms with E-state index in [1.807, 2.05) is 0 Å². The predicted octanol–water partition coefficient (Wildman–Crippen LogP) is 2.07. The second-order valence-electron chi connectivity index (χ2n) is 6.90. The Bertz CT molecular complexity index is 724. The SMILES string of the molecule is CC(=O)[O-].CC(O)CC(C)O.[Pd].c1ccc([PH+](c2ccccc2)c2ccccc2)cc1. The van der Waals surface area contributed by atoms with Gasteiger partial charge in [-0.3, -0.25) is 0 Å². The maximum Gasteiger partial charge on any atom is 0.102 e. The topological polar surface area (TPSA) is 80.6 Å². The number of rotatable bonds is 5. The van der Waals surface area contributed by atoms with Crippen LogP contribution in [0.3, 0.4) is 0 Å². The number of aliphatic hydroxyl groups excluding tert-OH is 2. The Morgan fingerprint density at radius 1 is 0.742 bits per heavy atom. The van der Waals surface area contributed by atoms with E-state index >= 15 is 0 Å². The molecule has 0 fully saturated rings. The van der Waals surface area contributed by atoms with Crippen molar-refractivity contribution >= 4 is 29.8 Å². The first-order chi connectivity index (χ1) is 14.3. The van der Waals surface area contributed by atoms with Crippen LogP contribution in [0.4, 0.5) is 0 Å². The van der Waals surface area contributed by atoms with Crippen molar-refractivity contribution in [2.45, 2.75) is 39.4 Å². The minimum Gasteiger partial charge on any atom is -0.550 e. The van der Waals surface area contributed by atoms with E-state index in [2.05, 4.69) is 91.0 Å². The number of aliphatic hydroxyl groups is 2.